The highest BCUT2D eigenvalue weighted by Gasteiger charge is 2.22. The fourth-order valence-corrected chi connectivity index (χ4v) is 4.11. The van der Waals surface area contributed by atoms with Crippen molar-refractivity contribution in [3.63, 3.8) is 0 Å². The Morgan fingerprint density at radius 1 is 0.903 bits per heavy atom. The maximum Gasteiger partial charge on any atom is 0.227 e. The van der Waals surface area contributed by atoms with Crippen LogP contribution < -0.4 is 4.57 Å². The molecule has 31 heavy (non-hydrogen) atoms. The zero-order valence-corrected chi connectivity index (χ0v) is 18.1. The van der Waals surface area contributed by atoms with Crippen LogP contribution >= 0.6 is 0 Å². The molecule has 0 spiro atoms. The van der Waals surface area contributed by atoms with E-state index in [2.05, 4.69) is 55.7 Å². The van der Waals surface area contributed by atoms with Crippen LogP contribution in [0.25, 0.3) is 44.5 Å². The quantitative estimate of drug-likeness (QED) is 0.309. The van der Waals surface area contributed by atoms with Crippen LogP contribution in [-0.4, -0.2) is 4.98 Å². The molecule has 3 nitrogen and oxygen atoms in total. The van der Waals surface area contributed by atoms with E-state index in [1.54, 1.807) is 12.1 Å². The van der Waals surface area contributed by atoms with Gasteiger partial charge in [0.15, 0.2) is 11.8 Å². The van der Waals surface area contributed by atoms with Crippen molar-refractivity contribution >= 4 is 22.1 Å². The van der Waals surface area contributed by atoms with Gasteiger partial charge in [0.2, 0.25) is 11.4 Å². The van der Waals surface area contributed by atoms with Crippen molar-refractivity contribution in [2.45, 2.75) is 26.7 Å². The third-order valence-corrected chi connectivity index (χ3v) is 5.91. The van der Waals surface area contributed by atoms with Crippen LogP contribution in [0.5, 0.6) is 0 Å². The van der Waals surface area contributed by atoms with Crippen molar-refractivity contribution in [1.82, 2.24) is 4.98 Å². The maximum atomic E-state index is 13.4. The van der Waals surface area contributed by atoms with Crippen molar-refractivity contribution in [3.8, 4) is 22.4 Å². The standard InChI is InChI=1S/C27H24FN2O/c1-16(2)23-12-11-22-21-10-5-17(3)25(26(21)31-27(22)29-23)24-15-19(13-14-30(24)4)18-6-8-20(28)9-7-18/h5-16H,1-4H3/q+1. The molecule has 0 saturated heterocycles. The fraction of sp³-hybridized carbons (Fsp3) is 0.185. The molecule has 0 saturated carbocycles. The fourth-order valence-electron chi connectivity index (χ4n) is 4.11. The van der Waals surface area contributed by atoms with Crippen molar-refractivity contribution < 1.29 is 13.4 Å². The Morgan fingerprint density at radius 2 is 1.65 bits per heavy atom. The lowest BCUT2D eigenvalue weighted by Crippen LogP contribution is -2.30. The molecular weight excluding hydrogens is 387 g/mol. The molecule has 0 N–H and O–H groups in total. The first-order chi connectivity index (χ1) is 14.9. The van der Waals surface area contributed by atoms with Gasteiger partial charge in [-0.1, -0.05) is 38.1 Å². The molecule has 5 aromatic rings. The van der Waals surface area contributed by atoms with Crippen molar-refractivity contribution in [1.29, 1.82) is 0 Å². The lowest BCUT2D eigenvalue weighted by atomic mass is 9.98. The maximum absolute atomic E-state index is 13.4. The van der Waals surface area contributed by atoms with E-state index in [1.807, 2.05) is 19.3 Å². The Bertz CT molecular complexity index is 1430. The second-order valence-electron chi connectivity index (χ2n) is 8.40. The summed E-state index contributed by atoms with van der Waals surface area (Å²) in [6.07, 6.45) is 2.03. The normalized spacial score (nSPS) is 11.7. The molecule has 3 aromatic heterocycles. The van der Waals surface area contributed by atoms with Gasteiger partial charge in [0, 0.05) is 28.6 Å². The van der Waals surface area contributed by atoms with Gasteiger partial charge in [-0.2, -0.15) is 0 Å². The first kappa shape index (κ1) is 19.4. The topological polar surface area (TPSA) is 29.9 Å². The molecule has 0 fully saturated rings. The molecule has 0 radical (unpaired) electrons. The summed E-state index contributed by atoms with van der Waals surface area (Å²) in [5.41, 5.74) is 7.75. The first-order valence-electron chi connectivity index (χ1n) is 10.5. The highest BCUT2D eigenvalue weighted by atomic mass is 19.1. The van der Waals surface area contributed by atoms with Gasteiger partial charge in [-0.3, -0.25) is 0 Å². The molecule has 0 bridgehead atoms. The van der Waals surface area contributed by atoms with Crippen LogP contribution in [0.1, 0.15) is 31.0 Å². The number of fused-ring (bicyclic) bond motifs is 3. The van der Waals surface area contributed by atoms with Gasteiger partial charge in [0.25, 0.3) is 0 Å². The van der Waals surface area contributed by atoms with E-state index in [4.69, 9.17) is 9.40 Å². The molecule has 0 aliphatic carbocycles. The molecule has 0 unspecified atom stereocenters. The number of halogens is 1. The van der Waals surface area contributed by atoms with E-state index in [0.29, 0.717) is 11.6 Å². The highest BCUT2D eigenvalue weighted by Crippen LogP contribution is 2.37. The average Bonchev–Trinajstić information content (AvgIpc) is 3.12. The van der Waals surface area contributed by atoms with E-state index >= 15 is 0 Å². The van der Waals surface area contributed by atoms with Gasteiger partial charge in [0.1, 0.15) is 12.9 Å². The number of furan rings is 1. The number of aryl methyl sites for hydroxylation is 2. The second kappa shape index (κ2) is 7.31. The lowest BCUT2D eigenvalue weighted by molar-refractivity contribution is -0.660. The molecule has 0 aliphatic heterocycles. The summed E-state index contributed by atoms with van der Waals surface area (Å²) in [4.78, 5) is 4.76. The number of aromatic nitrogens is 2. The molecule has 0 atom stereocenters. The van der Waals surface area contributed by atoms with E-state index in [-0.39, 0.29) is 5.82 Å². The predicted molar refractivity (Wildman–Crippen MR) is 122 cm³/mol. The van der Waals surface area contributed by atoms with Crippen molar-refractivity contribution in [3.05, 3.63) is 83.9 Å². The molecule has 0 aliphatic rings. The molecule has 2 aromatic carbocycles. The molecule has 5 rings (SSSR count). The Labute approximate surface area is 180 Å². The van der Waals surface area contributed by atoms with E-state index < -0.39 is 0 Å². The highest BCUT2D eigenvalue weighted by molar-refractivity contribution is 6.08. The molecule has 4 heteroatoms. The van der Waals surface area contributed by atoms with E-state index in [1.165, 1.54) is 12.1 Å². The van der Waals surface area contributed by atoms with Crippen LogP contribution in [0.2, 0.25) is 0 Å². The molecule has 3 heterocycles. The van der Waals surface area contributed by atoms with Crippen molar-refractivity contribution in [2.24, 2.45) is 7.05 Å². The van der Waals surface area contributed by atoms with Gasteiger partial charge in [-0.15, -0.1) is 0 Å². The van der Waals surface area contributed by atoms with Crippen LogP contribution in [-0.2, 0) is 7.05 Å². The second-order valence-corrected chi connectivity index (χ2v) is 8.40. The van der Waals surface area contributed by atoms with Crippen LogP contribution in [0.4, 0.5) is 4.39 Å². The predicted octanol–water partition coefficient (Wildman–Crippen LogP) is 6.71. The minimum Gasteiger partial charge on any atom is -0.437 e. The summed E-state index contributed by atoms with van der Waals surface area (Å²) in [5, 5.41) is 2.09. The average molecular weight is 412 g/mol. The molecular formula is C27H24FN2O+. The Kier molecular flexibility index (Phi) is 4.58. The number of hydrogen-bond donors (Lipinski definition) is 0. The minimum absolute atomic E-state index is 0.235. The number of hydrogen-bond acceptors (Lipinski definition) is 2. The monoisotopic (exact) mass is 411 g/mol. The summed E-state index contributed by atoms with van der Waals surface area (Å²) >= 11 is 0. The van der Waals surface area contributed by atoms with Gasteiger partial charge in [-0.25, -0.2) is 13.9 Å². The number of rotatable bonds is 3. The summed E-state index contributed by atoms with van der Waals surface area (Å²) in [7, 11) is 2.03. The van der Waals surface area contributed by atoms with Crippen LogP contribution in [0.3, 0.4) is 0 Å². The SMILES string of the molecule is Cc1ccc2c(oc3nc(C(C)C)ccc32)c1-c1cc(-c2ccc(F)cc2)cc[n+]1C. The Balaban J connectivity index is 1.76. The van der Waals surface area contributed by atoms with Gasteiger partial charge >= 0.3 is 0 Å². The zero-order valence-electron chi connectivity index (χ0n) is 18.1. The Morgan fingerprint density at radius 3 is 2.39 bits per heavy atom. The summed E-state index contributed by atoms with van der Waals surface area (Å²) in [6.45, 7) is 6.36. The number of benzene rings is 2. The van der Waals surface area contributed by atoms with Gasteiger partial charge < -0.3 is 4.42 Å². The van der Waals surface area contributed by atoms with Crippen LogP contribution in [0, 0.1) is 12.7 Å². The number of nitrogens with zero attached hydrogens (tertiary/aromatic N) is 2. The number of pyridine rings is 2. The third-order valence-electron chi connectivity index (χ3n) is 5.91. The smallest absolute Gasteiger partial charge is 0.227 e. The third kappa shape index (κ3) is 3.28. The van der Waals surface area contributed by atoms with E-state index in [9.17, 15) is 4.39 Å². The molecule has 0 amide bonds. The van der Waals surface area contributed by atoms with Gasteiger partial charge in [0.05, 0.1) is 5.56 Å². The summed E-state index contributed by atoms with van der Waals surface area (Å²) < 4.78 is 21.8. The Hall–Kier alpha value is -3.53. The lowest BCUT2D eigenvalue weighted by Gasteiger charge is -2.08. The summed E-state index contributed by atoms with van der Waals surface area (Å²) in [6, 6.07) is 19.2. The van der Waals surface area contributed by atoms with Crippen molar-refractivity contribution in [2.75, 3.05) is 0 Å². The van der Waals surface area contributed by atoms with Crippen LogP contribution in [0.15, 0.2) is 71.3 Å². The first-order valence-corrected chi connectivity index (χ1v) is 10.5. The zero-order chi connectivity index (χ0) is 21.7. The summed E-state index contributed by atoms with van der Waals surface area (Å²) in [5.74, 6) is 0.102. The van der Waals surface area contributed by atoms with Gasteiger partial charge in [-0.05, 0) is 53.8 Å². The van der Waals surface area contributed by atoms with E-state index in [0.717, 1.165) is 50.0 Å². The minimum atomic E-state index is -0.235. The molecule has 154 valence electrons. The largest absolute Gasteiger partial charge is 0.437 e.